The standard InChI is InChI=1S/C20H14FN3O3/c21-15-5-1-13(2-6-15)4-8-19-24-16(10-22)20(27-19)23-11-14-3-7-17-18(9-14)26-12-25-17/h1-9,23H,11-12H2. The molecule has 0 saturated carbocycles. The first-order chi connectivity index (χ1) is 13.2. The molecule has 6 nitrogen and oxygen atoms in total. The van der Waals surface area contributed by atoms with Crippen molar-refractivity contribution in [2.75, 3.05) is 12.1 Å². The molecule has 0 aliphatic carbocycles. The second kappa shape index (κ2) is 7.22. The molecule has 0 saturated heterocycles. The lowest BCUT2D eigenvalue weighted by molar-refractivity contribution is 0.174. The summed E-state index contributed by atoms with van der Waals surface area (Å²) in [7, 11) is 0. The molecule has 134 valence electrons. The molecule has 27 heavy (non-hydrogen) atoms. The molecule has 0 radical (unpaired) electrons. The zero-order valence-corrected chi connectivity index (χ0v) is 14.1. The van der Waals surface area contributed by atoms with E-state index < -0.39 is 0 Å². The number of hydrogen-bond donors (Lipinski definition) is 1. The van der Waals surface area contributed by atoms with Crippen molar-refractivity contribution in [2.45, 2.75) is 6.54 Å². The van der Waals surface area contributed by atoms with Gasteiger partial charge in [-0.1, -0.05) is 18.2 Å². The number of fused-ring (bicyclic) bond motifs is 1. The number of benzene rings is 2. The van der Waals surface area contributed by atoms with Gasteiger partial charge in [-0.05, 0) is 41.5 Å². The monoisotopic (exact) mass is 363 g/mol. The second-order valence-corrected chi connectivity index (χ2v) is 5.77. The van der Waals surface area contributed by atoms with E-state index in [9.17, 15) is 9.65 Å². The van der Waals surface area contributed by atoms with Crippen LogP contribution in [0.15, 0.2) is 46.9 Å². The highest BCUT2D eigenvalue weighted by Gasteiger charge is 2.15. The number of halogens is 1. The lowest BCUT2D eigenvalue weighted by atomic mass is 10.2. The fourth-order valence-electron chi connectivity index (χ4n) is 2.58. The Kier molecular flexibility index (Phi) is 4.45. The largest absolute Gasteiger partial charge is 0.454 e. The molecule has 2 heterocycles. The van der Waals surface area contributed by atoms with Gasteiger partial charge in [0.2, 0.25) is 24.3 Å². The van der Waals surface area contributed by atoms with Gasteiger partial charge in [0, 0.05) is 12.6 Å². The number of rotatable bonds is 5. The number of anilines is 1. The molecule has 0 spiro atoms. The first-order valence-corrected chi connectivity index (χ1v) is 8.18. The van der Waals surface area contributed by atoms with Gasteiger partial charge in [0.25, 0.3) is 0 Å². The van der Waals surface area contributed by atoms with E-state index in [1.165, 1.54) is 12.1 Å². The summed E-state index contributed by atoms with van der Waals surface area (Å²) in [6.45, 7) is 0.651. The van der Waals surface area contributed by atoms with Gasteiger partial charge < -0.3 is 19.2 Å². The average Bonchev–Trinajstić information content (AvgIpc) is 3.31. The van der Waals surface area contributed by atoms with Crippen LogP contribution in [-0.2, 0) is 6.54 Å². The van der Waals surface area contributed by atoms with Crippen LogP contribution in [0.3, 0.4) is 0 Å². The molecule has 0 atom stereocenters. The smallest absolute Gasteiger partial charge is 0.232 e. The molecule has 2 aromatic carbocycles. The fraction of sp³-hybridized carbons (Fsp3) is 0.100. The van der Waals surface area contributed by atoms with Gasteiger partial charge in [-0.25, -0.2) is 4.39 Å². The summed E-state index contributed by atoms with van der Waals surface area (Å²) in [6.07, 6.45) is 3.36. The van der Waals surface area contributed by atoms with Crippen LogP contribution in [0.5, 0.6) is 11.5 Å². The van der Waals surface area contributed by atoms with Gasteiger partial charge in [-0.15, -0.1) is 0 Å². The third-order valence-corrected chi connectivity index (χ3v) is 3.93. The Morgan fingerprint density at radius 1 is 1.11 bits per heavy atom. The molecule has 7 heteroatoms. The summed E-state index contributed by atoms with van der Waals surface area (Å²) in [5, 5.41) is 12.3. The molecule has 0 unspecified atom stereocenters. The lowest BCUT2D eigenvalue weighted by Crippen LogP contribution is -1.99. The van der Waals surface area contributed by atoms with E-state index >= 15 is 0 Å². The van der Waals surface area contributed by atoms with E-state index in [1.807, 2.05) is 24.3 Å². The van der Waals surface area contributed by atoms with Crippen LogP contribution in [-0.4, -0.2) is 11.8 Å². The minimum atomic E-state index is -0.301. The van der Waals surface area contributed by atoms with Gasteiger partial charge in [0.1, 0.15) is 11.9 Å². The molecule has 0 fully saturated rings. The van der Waals surface area contributed by atoms with Crippen molar-refractivity contribution in [3.63, 3.8) is 0 Å². The Balaban J connectivity index is 1.46. The molecule has 1 aromatic heterocycles. The maximum atomic E-state index is 12.9. The van der Waals surface area contributed by atoms with E-state index in [0.717, 1.165) is 11.1 Å². The minimum absolute atomic E-state index is 0.162. The van der Waals surface area contributed by atoms with E-state index in [4.69, 9.17) is 13.9 Å². The summed E-state index contributed by atoms with van der Waals surface area (Å²) in [4.78, 5) is 4.14. The Labute approximate surface area is 154 Å². The highest BCUT2D eigenvalue weighted by Crippen LogP contribution is 2.32. The summed E-state index contributed by atoms with van der Waals surface area (Å²) in [6, 6.07) is 13.6. The highest BCUT2D eigenvalue weighted by molar-refractivity contribution is 5.67. The quantitative estimate of drug-likeness (QED) is 0.732. The summed E-state index contributed by atoms with van der Waals surface area (Å²) < 4.78 is 29.2. The molecule has 0 amide bonds. The van der Waals surface area contributed by atoms with E-state index in [0.29, 0.717) is 18.0 Å². The van der Waals surface area contributed by atoms with E-state index in [2.05, 4.69) is 10.3 Å². The van der Waals surface area contributed by atoms with E-state index in [-0.39, 0.29) is 30.1 Å². The molecule has 1 aliphatic rings. The van der Waals surface area contributed by atoms with Gasteiger partial charge in [0.15, 0.2) is 11.5 Å². The maximum absolute atomic E-state index is 12.9. The topological polar surface area (TPSA) is 80.3 Å². The summed E-state index contributed by atoms with van der Waals surface area (Å²) >= 11 is 0. The Morgan fingerprint density at radius 3 is 2.74 bits per heavy atom. The third-order valence-electron chi connectivity index (χ3n) is 3.93. The Bertz CT molecular complexity index is 1040. The predicted molar refractivity (Wildman–Crippen MR) is 96.4 cm³/mol. The van der Waals surface area contributed by atoms with Crippen molar-refractivity contribution >= 4 is 18.0 Å². The number of aromatic nitrogens is 1. The number of nitriles is 1. The summed E-state index contributed by atoms with van der Waals surface area (Å²) in [5.41, 5.74) is 1.90. The van der Waals surface area contributed by atoms with Crippen LogP contribution in [0, 0.1) is 17.1 Å². The molecule has 3 aromatic rings. The zero-order chi connectivity index (χ0) is 18.6. The van der Waals surface area contributed by atoms with E-state index in [1.54, 1.807) is 24.3 Å². The molecule has 1 aliphatic heterocycles. The molecular formula is C20H14FN3O3. The van der Waals surface area contributed by atoms with Crippen molar-refractivity contribution in [3.05, 3.63) is 71.0 Å². The predicted octanol–water partition coefficient (Wildman–Crippen LogP) is 4.20. The zero-order valence-electron chi connectivity index (χ0n) is 14.1. The lowest BCUT2D eigenvalue weighted by Gasteiger charge is -2.04. The van der Waals surface area contributed by atoms with Crippen LogP contribution in [0.2, 0.25) is 0 Å². The highest BCUT2D eigenvalue weighted by atomic mass is 19.1. The van der Waals surface area contributed by atoms with Crippen LogP contribution >= 0.6 is 0 Å². The van der Waals surface area contributed by atoms with Gasteiger partial charge in [-0.2, -0.15) is 10.2 Å². The normalized spacial score (nSPS) is 12.3. The molecule has 4 rings (SSSR count). The number of nitrogens with one attached hydrogen (secondary N) is 1. The van der Waals surface area contributed by atoms with Crippen LogP contribution < -0.4 is 14.8 Å². The van der Waals surface area contributed by atoms with Crippen molar-refractivity contribution in [3.8, 4) is 17.6 Å². The van der Waals surface area contributed by atoms with Gasteiger partial charge in [0.05, 0.1) is 0 Å². The fourth-order valence-corrected chi connectivity index (χ4v) is 2.58. The molecule has 1 N–H and O–H groups in total. The SMILES string of the molecule is N#Cc1nc(C=Cc2ccc(F)cc2)oc1NCc1ccc2c(c1)OCO2. The first-order valence-electron chi connectivity index (χ1n) is 8.18. The number of nitrogens with zero attached hydrogens (tertiary/aromatic N) is 2. The summed E-state index contributed by atoms with van der Waals surface area (Å²) in [5.74, 6) is 1.67. The average molecular weight is 363 g/mol. The third kappa shape index (κ3) is 3.75. The Hall–Kier alpha value is -3.79. The number of oxazole rings is 1. The van der Waals surface area contributed by atoms with Crippen molar-refractivity contribution in [1.29, 1.82) is 5.26 Å². The Morgan fingerprint density at radius 2 is 1.93 bits per heavy atom. The van der Waals surface area contributed by atoms with Crippen molar-refractivity contribution in [1.82, 2.24) is 4.98 Å². The minimum Gasteiger partial charge on any atom is -0.454 e. The van der Waals surface area contributed by atoms with Gasteiger partial charge >= 0.3 is 0 Å². The van der Waals surface area contributed by atoms with Crippen LogP contribution in [0.1, 0.15) is 22.7 Å². The second-order valence-electron chi connectivity index (χ2n) is 5.77. The number of hydrogen-bond acceptors (Lipinski definition) is 6. The van der Waals surface area contributed by atoms with Crippen LogP contribution in [0.25, 0.3) is 12.2 Å². The molecular weight excluding hydrogens is 349 g/mol. The van der Waals surface area contributed by atoms with Crippen molar-refractivity contribution in [2.24, 2.45) is 0 Å². The maximum Gasteiger partial charge on any atom is 0.232 e. The van der Waals surface area contributed by atoms with Gasteiger partial charge in [-0.3, -0.25) is 0 Å². The van der Waals surface area contributed by atoms with Crippen LogP contribution in [0.4, 0.5) is 10.3 Å². The van der Waals surface area contributed by atoms with Crippen molar-refractivity contribution < 1.29 is 18.3 Å². The molecule has 0 bridgehead atoms. The number of ether oxygens (including phenoxy) is 2. The first kappa shape index (κ1) is 16.7.